The minimum Gasteiger partial charge on any atom is -0.468 e. The Morgan fingerprint density at radius 2 is 1.40 bits per heavy atom. The van der Waals surface area contributed by atoms with Crippen molar-refractivity contribution in [2.75, 3.05) is 33.3 Å². The summed E-state index contributed by atoms with van der Waals surface area (Å²) < 4.78 is 14.0. The van der Waals surface area contributed by atoms with Crippen molar-refractivity contribution in [3.63, 3.8) is 0 Å². The zero-order chi connectivity index (χ0) is 32.3. The number of nitrogens with zero attached hydrogens (tertiary/aromatic N) is 3. The van der Waals surface area contributed by atoms with Gasteiger partial charge in [-0.1, -0.05) is 72.8 Å². The standard InChI is InChI=1S/C36H42N4O6.ClH/c1-45-33(42)26-37-32(41)20-25-40-35(43)30-16-8-9-17-31(30)39(36(40)44)22-11-10-21-38-23-18-29(19-24-38)46-34(27-12-4-2-5-13-27)28-14-6-3-7-15-28;/h2-9,12-17,29,34H,10-11,18-26H2,1H3,(H,37,41);1H. The highest BCUT2D eigenvalue weighted by Crippen LogP contribution is 2.30. The molecule has 0 radical (unpaired) electrons. The van der Waals surface area contributed by atoms with Crippen molar-refractivity contribution in [2.45, 2.75) is 57.4 Å². The van der Waals surface area contributed by atoms with E-state index < -0.39 is 23.1 Å². The number of esters is 1. The van der Waals surface area contributed by atoms with Crippen LogP contribution in [-0.2, 0) is 32.2 Å². The van der Waals surface area contributed by atoms with Gasteiger partial charge in [-0.3, -0.25) is 23.5 Å². The van der Waals surface area contributed by atoms with Crippen molar-refractivity contribution in [3.05, 3.63) is 117 Å². The molecule has 0 atom stereocenters. The molecule has 10 nitrogen and oxygen atoms in total. The lowest BCUT2D eigenvalue weighted by Gasteiger charge is -2.34. The summed E-state index contributed by atoms with van der Waals surface area (Å²) in [4.78, 5) is 52.6. The number of piperidine rings is 1. The van der Waals surface area contributed by atoms with Gasteiger partial charge < -0.3 is 19.7 Å². The second-order valence-electron chi connectivity index (χ2n) is 11.6. The second kappa shape index (κ2) is 17.6. The summed E-state index contributed by atoms with van der Waals surface area (Å²) in [6.45, 7) is 2.93. The van der Waals surface area contributed by atoms with Crippen LogP contribution in [0, 0.1) is 0 Å². The Bertz CT molecular complexity index is 1680. The second-order valence-corrected chi connectivity index (χ2v) is 11.6. The largest absolute Gasteiger partial charge is 0.468 e. The van der Waals surface area contributed by atoms with Gasteiger partial charge in [-0.05, 0) is 55.5 Å². The molecule has 1 N–H and O–H groups in total. The summed E-state index contributed by atoms with van der Waals surface area (Å²) in [6.07, 6.45) is 3.55. The molecule has 1 aromatic heterocycles. The first-order chi connectivity index (χ1) is 22.4. The van der Waals surface area contributed by atoms with Gasteiger partial charge in [-0.25, -0.2) is 4.79 Å². The number of benzene rings is 3. The molecule has 0 aliphatic carbocycles. The third-order valence-electron chi connectivity index (χ3n) is 8.53. The lowest BCUT2D eigenvalue weighted by Crippen LogP contribution is -2.41. The van der Waals surface area contributed by atoms with Gasteiger partial charge in [0.25, 0.3) is 5.56 Å². The van der Waals surface area contributed by atoms with E-state index in [1.807, 2.05) is 18.2 Å². The highest BCUT2D eigenvalue weighted by molar-refractivity contribution is 5.85. The van der Waals surface area contributed by atoms with Crippen molar-refractivity contribution in [1.82, 2.24) is 19.4 Å². The Morgan fingerprint density at radius 3 is 2.04 bits per heavy atom. The zero-order valence-corrected chi connectivity index (χ0v) is 27.5. The lowest BCUT2D eigenvalue weighted by molar-refractivity contribution is -0.141. The van der Waals surface area contributed by atoms with Crippen molar-refractivity contribution < 1.29 is 19.1 Å². The Kier molecular flexibility index (Phi) is 13.3. The van der Waals surface area contributed by atoms with E-state index in [4.69, 9.17) is 4.74 Å². The number of methoxy groups -OCH3 is 1. The molecule has 3 aromatic carbocycles. The number of carbonyl (C=O) groups is 2. The Balaban J connectivity index is 0.00000500. The molecule has 4 aromatic rings. The van der Waals surface area contributed by atoms with Crippen molar-refractivity contribution >= 4 is 35.2 Å². The van der Waals surface area contributed by atoms with Crippen LogP contribution in [0.1, 0.15) is 49.3 Å². The summed E-state index contributed by atoms with van der Waals surface area (Å²) in [6, 6.07) is 27.8. The lowest BCUT2D eigenvalue weighted by atomic mass is 10.00. The summed E-state index contributed by atoms with van der Waals surface area (Å²) in [5.41, 5.74) is 2.05. The number of aryl methyl sites for hydroxylation is 1. The molecule has 0 saturated carbocycles. The fourth-order valence-electron chi connectivity index (χ4n) is 6.00. The number of likely N-dealkylation sites (tertiary alicyclic amines) is 1. The normalized spacial score (nSPS) is 13.7. The van der Waals surface area contributed by atoms with E-state index in [1.54, 1.807) is 22.8 Å². The quantitative estimate of drug-likeness (QED) is 0.158. The molecule has 11 heteroatoms. The van der Waals surface area contributed by atoms with E-state index in [2.05, 4.69) is 63.5 Å². The molecule has 2 heterocycles. The van der Waals surface area contributed by atoms with E-state index in [-0.39, 0.29) is 44.1 Å². The van der Waals surface area contributed by atoms with E-state index >= 15 is 0 Å². The Labute approximate surface area is 280 Å². The van der Waals surface area contributed by atoms with Crippen LogP contribution in [0.4, 0.5) is 0 Å². The summed E-state index contributed by atoms with van der Waals surface area (Å²) >= 11 is 0. The Hall–Kier alpha value is -4.25. The minimum absolute atomic E-state index is 0. The molecule has 1 amide bonds. The number of rotatable bonds is 14. The van der Waals surface area contributed by atoms with Crippen LogP contribution in [0.15, 0.2) is 94.5 Å². The number of hydrogen-bond donors (Lipinski definition) is 1. The van der Waals surface area contributed by atoms with Gasteiger partial charge in [-0.2, -0.15) is 0 Å². The number of unbranched alkanes of at least 4 members (excludes halogenated alkanes) is 1. The van der Waals surface area contributed by atoms with Crippen LogP contribution in [0.5, 0.6) is 0 Å². The number of nitrogens with one attached hydrogen (secondary N) is 1. The molecular weight excluding hydrogens is 620 g/mol. The van der Waals surface area contributed by atoms with Crippen LogP contribution in [0.2, 0.25) is 0 Å². The third-order valence-corrected chi connectivity index (χ3v) is 8.53. The maximum atomic E-state index is 13.4. The van der Waals surface area contributed by atoms with Crippen molar-refractivity contribution in [2.24, 2.45) is 0 Å². The first-order valence-corrected chi connectivity index (χ1v) is 16.0. The monoisotopic (exact) mass is 662 g/mol. The SMILES string of the molecule is COC(=O)CNC(=O)CCn1c(=O)c2ccccc2n(CCCCN2CCC(OC(c3ccccc3)c3ccccc3)CC2)c1=O.Cl. The number of carbonyl (C=O) groups excluding carboxylic acids is 2. The summed E-state index contributed by atoms with van der Waals surface area (Å²) in [5, 5.41) is 2.88. The number of ether oxygens (including phenoxy) is 2. The van der Waals surface area contributed by atoms with Crippen LogP contribution in [0.3, 0.4) is 0 Å². The highest BCUT2D eigenvalue weighted by Gasteiger charge is 2.24. The van der Waals surface area contributed by atoms with Crippen LogP contribution in [0.25, 0.3) is 10.9 Å². The number of aromatic nitrogens is 2. The molecule has 47 heavy (non-hydrogen) atoms. The maximum absolute atomic E-state index is 13.4. The number of halogens is 1. The first kappa shape index (κ1) is 35.6. The van der Waals surface area contributed by atoms with E-state index in [0.29, 0.717) is 17.4 Å². The molecule has 0 spiro atoms. The van der Waals surface area contributed by atoms with Gasteiger partial charge >= 0.3 is 11.7 Å². The van der Waals surface area contributed by atoms with Gasteiger partial charge in [0.2, 0.25) is 5.91 Å². The molecule has 1 aliphatic heterocycles. The molecule has 0 bridgehead atoms. The zero-order valence-electron chi connectivity index (χ0n) is 26.7. The molecule has 5 rings (SSSR count). The van der Waals surface area contributed by atoms with Gasteiger partial charge in [-0.15, -0.1) is 12.4 Å². The van der Waals surface area contributed by atoms with Crippen LogP contribution < -0.4 is 16.6 Å². The number of fused-ring (bicyclic) bond motifs is 1. The average Bonchev–Trinajstić information content (AvgIpc) is 3.10. The maximum Gasteiger partial charge on any atom is 0.331 e. The predicted molar refractivity (Wildman–Crippen MR) is 184 cm³/mol. The Morgan fingerprint density at radius 1 is 0.809 bits per heavy atom. The van der Waals surface area contributed by atoms with Gasteiger partial charge in [0.05, 0.1) is 24.1 Å². The average molecular weight is 663 g/mol. The minimum atomic E-state index is -0.573. The van der Waals surface area contributed by atoms with Gasteiger partial charge in [0.1, 0.15) is 12.6 Å². The van der Waals surface area contributed by atoms with E-state index in [1.165, 1.54) is 7.11 Å². The van der Waals surface area contributed by atoms with Gasteiger partial charge in [0.15, 0.2) is 0 Å². The van der Waals surface area contributed by atoms with Crippen LogP contribution in [-0.4, -0.2) is 65.3 Å². The van der Waals surface area contributed by atoms with Crippen LogP contribution >= 0.6 is 12.4 Å². The molecule has 1 fully saturated rings. The number of hydrogen-bond acceptors (Lipinski definition) is 7. The fraction of sp³-hybridized carbons (Fsp3) is 0.389. The summed E-state index contributed by atoms with van der Waals surface area (Å²) in [7, 11) is 1.23. The van der Waals surface area contributed by atoms with E-state index in [9.17, 15) is 19.2 Å². The predicted octanol–water partition coefficient (Wildman–Crippen LogP) is 4.32. The highest BCUT2D eigenvalue weighted by atomic mass is 35.5. The van der Waals surface area contributed by atoms with Crippen molar-refractivity contribution in [1.29, 1.82) is 0 Å². The molecule has 250 valence electrons. The number of amides is 1. The molecule has 1 aliphatic rings. The number of para-hydroxylation sites is 1. The smallest absolute Gasteiger partial charge is 0.331 e. The summed E-state index contributed by atoms with van der Waals surface area (Å²) in [5.74, 6) is -1.02. The van der Waals surface area contributed by atoms with E-state index in [0.717, 1.165) is 61.0 Å². The molecule has 1 saturated heterocycles. The molecule has 0 unspecified atom stereocenters. The van der Waals surface area contributed by atoms with Gasteiger partial charge in [0, 0.05) is 32.6 Å². The van der Waals surface area contributed by atoms with Crippen molar-refractivity contribution in [3.8, 4) is 0 Å². The topological polar surface area (TPSA) is 112 Å². The fourth-order valence-corrected chi connectivity index (χ4v) is 6.00. The third kappa shape index (κ3) is 9.41. The first-order valence-electron chi connectivity index (χ1n) is 16.0. The molecular formula is C36H43ClN4O6.